The second-order valence-electron chi connectivity index (χ2n) is 9.91. The molecule has 0 aliphatic rings. The van der Waals surface area contributed by atoms with Crippen molar-refractivity contribution in [2.45, 2.75) is 168 Å². The third-order valence-electron chi connectivity index (χ3n) is 6.50. The molecule has 0 aliphatic carbocycles. The van der Waals surface area contributed by atoms with Gasteiger partial charge in [0.2, 0.25) is 0 Å². The lowest BCUT2D eigenvalue weighted by atomic mass is 10.1. The van der Waals surface area contributed by atoms with Crippen LogP contribution in [0.2, 0.25) is 0 Å². The van der Waals surface area contributed by atoms with Gasteiger partial charge in [-0.3, -0.25) is 0 Å². The Balaban J connectivity index is 3.29. The van der Waals surface area contributed by atoms with E-state index in [1.165, 1.54) is 135 Å². The SMILES string of the molecule is CCCCCCCCCCCCCCOP(=O)(O)SCCCCCCCCCCCCCC. The molecule has 1 unspecified atom stereocenters. The second kappa shape index (κ2) is 27.1. The zero-order chi connectivity index (χ0) is 24.3. The molecule has 0 bridgehead atoms. The third kappa shape index (κ3) is 28.6. The number of unbranched alkanes of at least 4 members (excludes halogenated alkanes) is 22. The minimum Gasteiger partial charge on any atom is -0.316 e. The molecule has 0 aromatic heterocycles. The minimum absolute atomic E-state index is 0.427. The first-order valence-corrected chi connectivity index (χ1v) is 17.9. The lowest BCUT2D eigenvalue weighted by Gasteiger charge is -2.11. The predicted octanol–water partition coefficient (Wildman–Crippen LogP) is 11.2. The zero-order valence-corrected chi connectivity index (χ0v) is 24.2. The minimum atomic E-state index is -3.44. The van der Waals surface area contributed by atoms with Crippen molar-refractivity contribution in [1.82, 2.24) is 0 Å². The largest absolute Gasteiger partial charge is 0.386 e. The molecule has 0 heterocycles. The molecule has 3 nitrogen and oxygen atoms in total. The quantitative estimate of drug-likeness (QED) is 0.0846. The van der Waals surface area contributed by atoms with Crippen LogP contribution in [0.4, 0.5) is 0 Å². The summed E-state index contributed by atoms with van der Waals surface area (Å²) in [6.07, 6.45) is 31.4. The normalized spacial score (nSPS) is 13.4. The standard InChI is InChI=1S/C28H59O3PS/c1-3-5-7-9-11-13-15-17-19-21-23-25-27-31-32(29,30)33-28-26-24-22-20-18-16-14-12-10-8-6-4-2/h3-28H2,1-2H3,(H,29,30). The first-order chi connectivity index (χ1) is 16.1. The Kier molecular flexibility index (Phi) is 27.5. The summed E-state index contributed by atoms with van der Waals surface area (Å²) in [5, 5.41) is 0. The van der Waals surface area contributed by atoms with Crippen LogP contribution in [0.25, 0.3) is 0 Å². The molecule has 1 N–H and O–H groups in total. The fraction of sp³-hybridized carbons (Fsp3) is 1.00. The molecule has 1 atom stereocenters. The van der Waals surface area contributed by atoms with Crippen molar-refractivity contribution in [3.63, 3.8) is 0 Å². The third-order valence-corrected chi connectivity index (χ3v) is 9.65. The molecule has 200 valence electrons. The van der Waals surface area contributed by atoms with E-state index in [2.05, 4.69) is 13.8 Å². The first kappa shape index (κ1) is 33.5. The monoisotopic (exact) mass is 506 g/mol. The molecule has 0 amide bonds. The van der Waals surface area contributed by atoms with E-state index in [4.69, 9.17) is 4.52 Å². The van der Waals surface area contributed by atoms with Gasteiger partial charge in [-0.1, -0.05) is 155 Å². The van der Waals surface area contributed by atoms with Gasteiger partial charge in [0.1, 0.15) is 0 Å². The van der Waals surface area contributed by atoms with E-state index in [0.717, 1.165) is 36.4 Å². The zero-order valence-electron chi connectivity index (χ0n) is 22.5. The molecule has 0 aromatic rings. The molecule has 5 heteroatoms. The molecule has 0 radical (unpaired) electrons. The van der Waals surface area contributed by atoms with Gasteiger partial charge in [-0.05, 0) is 24.2 Å². The molecule has 0 fully saturated rings. The Labute approximate surface area is 212 Å². The smallest absolute Gasteiger partial charge is 0.316 e. The van der Waals surface area contributed by atoms with Gasteiger partial charge in [-0.15, -0.1) is 0 Å². The first-order valence-electron chi connectivity index (χ1n) is 14.7. The van der Waals surface area contributed by atoms with Crippen molar-refractivity contribution in [2.75, 3.05) is 12.4 Å². The highest BCUT2D eigenvalue weighted by atomic mass is 32.7. The molecule has 0 aromatic carbocycles. The topological polar surface area (TPSA) is 46.5 Å². The van der Waals surface area contributed by atoms with Crippen LogP contribution in [-0.2, 0) is 9.09 Å². The van der Waals surface area contributed by atoms with Crippen molar-refractivity contribution in [3.8, 4) is 0 Å². The maximum absolute atomic E-state index is 12.1. The van der Waals surface area contributed by atoms with Crippen LogP contribution < -0.4 is 0 Å². The van der Waals surface area contributed by atoms with Gasteiger partial charge in [0.25, 0.3) is 0 Å². The lowest BCUT2D eigenvalue weighted by Crippen LogP contribution is -1.92. The summed E-state index contributed by atoms with van der Waals surface area (Å²) in [5.41, 5.74) is 0. The molecular weight excluding hydrogens is 447 g/mol. The number of hydrogen-bond acceptors (Lipinski definition) is 3. The average molecular weight is 507 g/mol. The van der Waals surface area contributed by atoms with Gasteiger partial charge in [-0.25, -0.2) is 4.57 Å². The van der Waals surface area contributed by atoms with E-state index < -0.39 is 6.80 Å². The van der Waals surface area contributed by atoms with E-state index in [9.17, 15) is 9.46 Å². The molecule has 0 rings (SSSR count). The highest BCUT2D eigenvalue weighted by Crippen LogP contribution is 2.56. The molecule has 0 saturated carbocycles. The van der Waals surface area contributed by atoms with E-state index >= 15 is 0 Å². The summed E-state index contributed by atoms with van der Waals surface area (Å²) in [6, 6.07) is 0. The Morgan fingerprint density at radius 1 is 0.515 bits per heavy atom. The van der Waals surface area contributed by atoms with Crippen LogP contribution >= 0.6 is 18.2 Å². The summed E-state index contributed by atoms with van der Waals surface area (Å²) < 4.78 is 17.4. The highest BCUT2D eigenvalue weighted by Gasteiger charge is 2.19. The van der Waals surface area contributed by atoms with Gasteiger partial charge in [0, 0.05) is 5.75 Å². The summed E-state index contributed by atoms with van der Waals surface area (Å²) in [6.45, 7) is 1.52. The second-order valence-corrected chi connectivity index (χ2v) is 13.9. The Morgan fingerprint density at radius 2 is 0.818 bits per heavy atom. The number of rotatable bonds is 28. The maximum atomic E-state index is 12.1. The molecule has 0 spiro atoms. The summed E-state index contributed by atoms with van der Waals surface area (Å²) >= 11 is 1.13. The van der Waals surface area contributed by atoms with Crippen molar-refractivity contribution in [3.05, 3.63) is 0 Å². The van der Waals surface area contributed by atoms with E-state index in [1.807, 2.05) is 0 Å². The van der Waals surface area contributed by atoms with Gasteiger partial charge >= 0.3 is 6.80 Å². The fourth-order valence-corrected chi connectivity index (χ4v) is 6.81. The van der Waals surface area contributed by atoms with Crippen molar-refractivity contribution in [1.29, 1.82) is 0 Å². The van der Waals surface area contributed by atoms with Gasteiger partial charge in [0.15, 0.2) is 0 Å². The van der Waals surface area contributed by atoms with Crippen LogP contribution in [0.15, 0.2) is 0 Å². The molecular formula is C28H59O3PS. The predicted molar refractivity (Wildman–Crippen MR) is 150 cm³/mol. The fourth-order valence-electron chi connectivity index (χ4n) is 4.28. The summed E-state index contributed by atoms with van der Waals surface area (Å²) in [4.78, 5) is 9.97. The summed E-state index contributed by atoms with van der Waals surface area (Å²) in [5.74, 6) is 0.740. The van der Waals surface area contributed by atoms with Crippen LogP contribution in [0.5, 0.6) is 0 Å². The molecule has 33 heavy (non-hydrogen) atoms. The van der Waals surface area contributed by atoms with Gasteiger partial charge in [0.05, 0.1) is 6.61 Å². The van der Waals surface area contributed by atoms with Crippen molar-refractivity contribution < 1.29 is 14.0 Å². The van der Waals surface area contributed by atoms with Crippen LogP contribution in [0.1, 0.15) is 168 Å². The average Bonchev–Trinajstić information content (AvgIpc) is 2.80. The lowest BCUT2D eigenvalue weighted by molar-refractivity contribution is 0.268. The maximum Gasteiger partial charge on any atom is 0.386 e. The Bertz CT molecular complexity index is 386. The molecule has 0 aliphatic heterocycles. The van der Waals surface area contributed by atoms with Gasteiger partial charge in [-0.2, -0.15) is 0 Å². The van der Waals surface area contributed by atoms with Crippen LogP contribution in [0.3, 0.4) is 0 Å². The Hall–Kier alpha value is 0.500. The van der Waals surface area contributed by atoms with Crippen molar-refractivity contribution >= 4 is 18.2 Å². The van der Waals surface area contributed by atoms with Crippen LogP contribution in [0, 0.1) is 0 Å². The Morgan fingerprint density at radius 3 is 1.18 bits per heavy atom. The number of hydrogen-bond donors (Lipinski definition) is 1. The highest BCUT2D eigenvalue weighted by molar-refractivity contribution is 8.54. The van der Waals surface area contributed by atoms with E-state index in [1.54, 1.807) is 0 Å². The van der Waals surface area contributed by atoms with Crippen LogP contribution in [-0.4, -0.2) is 17.3 Å². The van der Waals surface area contributed by atoms with Gasteiger partial charge < -0.3 is 9.42 Å². The summed E-state index contributed by atoms with van der Waals surface area (Å²) in [7, 11) is 0. The molecule has 0 saturated heterocycles. The van der Waals surface area contributed by atoms with E-state index in [-0.39, 0.29) is 0 Å². The van der Waals surface area contributed by atoms with Crippen molar-refractivity contribution in [2.24, 2.45) is 0 Å². The van der Waals surface area contributed by atoms with E-state index in [0.29, 0.717) is 6.61 Å².